The number of piperidine rings is 1. The first-order valence-electron chi connectivity index (χ1n) is 11.2. The third-order valence-electron chi connectivity index (χ3n) is 7.14. The molecule has 0 bridgehead atoms. The third kappa shape index (κ3) is 3.96. The molecule has 0 atom stereocenters. The molecular weight excluding hydrogens is 320 g/mol. The third-order valence-corrected chi connectivity index (χ3v) is 7.14. The van der Waals surface area contributed by atoms with Gasteiger partial charge in [-0.1, -0.05) is 12.2 Å². The molecule has 0 aromatic carbocycles. The van der Waals surface area contributed by atoms with Gasteiger partial charge in [0.1, 0.15) is 5.82 Å². The van der Waals surface area contributed by atoms with Crippen LogP contribution in [0.25, 0.3) is 0 Å². The Morgan fingerprint density at radius 3 is 2.31 bits per heavy atom. The molecule has 0 unspecified atom stereocenters. The van der Waals surface area contributed by atoms with E-state index in [4.69, 9.17) is 0 Å². The van der Waals surface area contributed by atoms with Crippen LogP contribution in [0.2, 0.25) is 0 Å². The van der Waals surface area contributed by atoms with E-state index in [9.17, 15) is 0 Å². The molecule has 3 heterocycles. The first-order valence-corrected chi connectivity index (χ1v) is 11.2. The average molecular weight is 357 g/mol. The molecule has 2 saturated heterocycles. The summed E-state index contributed by atoms with van der Waals surface area (Å²) in [5, 5.41) is 0. The summed E-state index contributed by atoms with van der Waals surface area (Å²) in [6, 6.07) is 1.80. The van der Waals surface area contributed by atoms with Gasteiger partial charge in [0.2, 0.25) is 0 Å². The summed E-state index contributed by atoms with van der Waals surface area (Å²) in [6.45, 7) is 10.1. The lowest BCUT2D eigenvalue weighted by Gasteiger charge is -2.39. The molecule has 4 heteroatoms. The molecule has 0 aromatic heterocycles. The van der Waals surface area contributed by atoms with Crippen molar-refractivity contribution in [2.75, 3.05) is 52.4 Å². The zero-order valence-corrected chi connectivity index (χ0v) is 16.4. The number of nitrogens with zero attached hydrogens (tertiary/aromatic N) is 4. The SMILES string of the molecule is C1=CCN(CC2CC2)C(N2CCCN(C3CCN(C4CC4)CC3)CC2)=C1. The Balaban J connectivity index is 1.16. The van der Waals surface area contributed by atoms with Crippen molar-refractivity contribution in [3.63, 3.8) is 0 Å². The van der Waals surface area contributed by atoms with Gasteiger partial charge in [0, 0.05) is 51.4 Å². The molecule has 0 aromatic rings. The van der Waals surface area contributed by atoms with E-state index in [0.29, 0.717) is 0 Å². The summed E-state index contributed by atoms with van der Waals surface area (Å²) >= 11 is 0. The first kappa shape index (κ1) is 17.1. The monoisotopic (exact) mass is 356 g/mol. The predicted octanol–water partition coefficient (Wildman–Crippen LogP) is 2.74. The molecule has 0 spiro atoms. The summed E-state index contributed by atoms with van der Waals surface area (Å²) in [5.41, 5.74) is 0. The molecule has 0 N–H and O–H groups in total. The molecular formula is C22H36N4. The molecule has 2 saturated carbocycles. The summed E-state index contributed by atoms with van der Waals surface area (Å²) in [7, 11) is 0. The first-order chi connectivity index (χ1) is 12.9. The van der Waals surface area contributed by atoms with E-state index in [1.807, 2.05) is 0 Å². The topological polar surface area (TPSA) is 13.0 Å². The van der Waals surface area contributed by atoms with Crippen LogP contribution in [0.15, 0.2) is 24.0 Å². The quantitative estimate of drug-likeness (QED) is 0.751. The molecule has 4 nitrogen and oxygen atoms in total. The molecule has 2 aliphatic carbocycles. The van der Waals surface area contributed by atoms with Crippen molar-refractivity contribution in [3.8, 4) is 0 Å². The van der Waals surface area contributed by atoms with Crippen LogP contribution in [0.3, 0.4) is 0 Å². The van der Waals surface area contributed by atoms with Crippen LogP contribution in [0.5, 0.6) is 0 Å². The minimum Gasteiger partial charge on any atom is -0.357 e. The van der Waals surface area contributed by atoms with Crippen LogP contribution in [0.4, 0.5) is 0 Å². The normalized spacial score (nSPS) is 29.8. The van der Waals surface area contributed by atoms with E-state index in [0.717, 1.165) is 24.5 Å². The van der Waals surface area contributed by atoms with Crippen LogP contribution in [0.1, 0.15) is 44.9 Å². The van der Waals surface area contributed by atoms with E-state index in [1.165, 1.54) is 96.6 Å². The molecule has 5 rings (SSSR count). The van der Waals surface area contributed by atoms with Gasteiger partial charge in [0.25, 0.3) is 0 Å². The van der Waals surface area contributed by atoms with Crippen molar-refractivity contribution in [1.82, 2.24) is 19.6 Å². The molecule has 0 amide bonds. The maximum Gasteiger partial charge on any atom is 0.104 e. The Morgan fingerprint density at radius 2 is 1.54 bits per heavy atom. The smallest absolute Gasteiger partial charge is 0.104 e. The highest BCUT2D eigenvalue weighted by Gasteiger charge is 2.34. The molecule has 26 heavy (non-hydrogen) atoms. The van der Waals surface area contributed by atoms with Gasteiger partial charge in [0.05, 0.1) is 0 Å². The van der Waals surface area contributed by atoms with Gasteiger partial charge < -0.3 is 14.7 Å². The second-order valence-electron chi connectivity index (χ2n) is 9.18. The Hall–Kier alpha value is -1.00. The van der Waals surface area contributed by atoms with Crippen LogP contribution >= 0.6 is 0 Å². The van der Waals surface area contributed by atoms with Gasteiger partial charge in [-0.3, -0.25) is 4.90 Å². The summed E-state index contributed by atoms with van der Waals surface area (Å²) in [6.07, 6.45) is 16.9. The predicted molar refractivity (Wildman–Crippen MR) is 107 cm³/mol. The highest BCUT2D eigenvalue weighted by atomic mass is 15.4. The van der Waals surface area contributed by atoms with Gasteiger partial charge >= 0.3 is 0 Å². The molecule has 3 aliphatic heterocycles. The fourth-order valence-electron chi connectivity index (χ4n) is 5.21. The van der Waals surface area contributed by atoms with Crippen LogP contribution in [-0.2, 0) is 0 Å². The maximum absolute atomic E-state index is 2.83. The van der Waals surface area contributed by atoms with Gasteiger partial charge in [0.15, 0.2) is 0 Å². The van der Waals surface area contributed by atoms with Gasteiger partial charge in [-0.2, -0.15) is 0 Å². The number of hydrogen-bond donors (Lipinski definition) is 0. The summed E-state index contributed by atoms with van der Waals surface area (Å²) in [4.78, 5) is 10.9. The van der Waals surface area contributed by atoms with E-state index in [-0.39, 0.29) is 0 Å². The highest BCUT2D eigenvalue weighted by molar-refractivity contribution is 5.18. The van der Waals surface area contributed by atoms with E-state index in [2.05, 4.69) is 37.8 Å². The molecule has 0 radical (unpaired) electrons. The lowest BCUT2D eigenvalue weighted by Crippen LogP contribution is -2.47. The Kier molecular flexibility index (Phi) is 4.97. The number of likely N-dealkylation sites (tertiary alicyclic amines) is 1. The van der Waals surface area contributed by atoms with Crippen LogP contribution < -0.4 is 0 Å². The van der Waals surface area contributed by atoms with E-state index < -0.39 is 0 Å². The zero-order valence-electron chi connectivity index (χ0n) is 16.4. The van der Waals surface area contributed by atoms with Crippen molar-refractivity contribution in [2.24, 2.45) is 5.92 Å². The molecule has 144 valence electrons. The van der Waals surface area contributed by atoms with E-state index in [1.54, 1.807) is 0 Å². The van der Waals surface area contributed by atoms with Crippen molar-refractivity contribution in [3.05, 3.63) is 24.0 Å². The minimum absolute atomic E-state index is 0.841. The number of hydrogen-bond acceptors (Lipinski definition) is 4. The fourth-order valence-corrected chi connectivity index (χ4v) is 5.21. The molecule has 5 aliphatic rings. The second-order valence-corrected chi connectivity index (χ2v) is 9.18. The van der Waals surface area contributed by atoms with Crippen LogP contribution in [0, 0.1) is 5.92 Å². The maximum atomic E-state index is 2.83. The van der Waals surface area contributed by atoms with Crippen molar-refractivity contribution in [1.29, 1.82) is 0 Å². The Bertz CT molecular complexity index is 540. The van der Waals surface area contributed by atoms with E-state index >= 15 is 0 Å². The lowest BCUT2D eigenvalue weighted by atomic mass is 10.0. The fraction of sp³-hybridized carbons (Fsp3) is 0.818. The summed E-state index contributed by atoms with van der Waals surface area (Å²) in [5.74, 6) is 2.47. The number of rotatable bonds is 5. The second kappa shape index (κ2) is 7.55. The van der Waals surface area contributed by atoms with Crippen LogP contribution in [-0.4, -0.2) is 84.0 Å². The minimum atomic E-state index is 0.841. The van der Waals surface area contributed by atoms with Gasteiger partial charge in [-0.15, -0.1) is 0 Å². The largest absolute Gasteiger partial charge is 0.357 e. The standard InChI is InChI=1S/C22H36N4/c1-2-11-26(18-19-5-6-19)22(4-1)25-13-3-12-23(16-17-25)21-9-14-24(15-10-21)20-7-8-20/h1-2,4,19-21H,3,5-18H2. The average Bonchev–Trinajstić information content (AvgIpc) is 3.57. The Morgan fingerprint density at radius 1 is 0.769 bits per heavy atom. The number of allylic oxidation sites excluding steroid dienone is 2. The van der Waals surface area contributed by atoms with Crippen molar-refractivity contribution < 1.29 is 0 Å². The Labute approximate surface area is 159 Å². The molecule has 4 fully saturated rings. The zero-order chi connectivity index (χ0) is 17.3. The summed E-state index contributed by atoms with van der Waals surface area (Å²) < 4.78 is 0. The van der Waals surface area contributed by atoms with Gasteiger partial charge in [-0.05, 0) is 70.0 Å². The lowest BCUT2D eigenvalue weighted by molar-refractivity contribution is 0.106. The van der Waals surface area contributed by atoms with Crippen molar-refractivity contribution in [2.45, 2.75) is 57.0 Å². The van der Waals surface area contributed by atoms with Crippen molar-refractivity contribution >= 4 is 0 Å². The highest BCUT2D eigenvalue weighted by Crippen LogP contribution is 2.33. The van der Waals surface area contributed by atoms with Gasteiger partial charge in [-0.25, -0.2) is 0 Å².